The number of fused-ring (bicyclic) bond motifs is 3. The van der Waals surface area contributed by atoms with Gasteiger partial charge in [-0.3, -0.25) is 9.78 Å². The molecule has 3 aromatic carbocycles. The average molecular weight is 842 g/mol. The zero-order valence-corrected chi connectivity index (χ0v) is 35.1. The fraction of sp³-hybridized carbons (Fsp3) is 0.523. The van der Waals surface area contributed by atoms with Gasteiger partial charge in [0.25, 0.3) is 0 Å². The predicted molar refractivity (Wildman–Crippen MR) is 206 cm³/mol. The van der Waals surface area contributed by atoms with Gasteiger partial charge in [-0.05, 0) is 65.1 Å². The number of aryl methyl sites for hydroxylation is 2. The van der Waals surface area contributed by atoms with Crippen molar-refractivity contribution in [3.05, 3.63) is 82.4 Å². The normalized spacial score (nSPS) is 12.5. The van der Waals surface area contributed by atoms with E-state index in [1.54, 1.807) is 0 Å². The molecule has 0 saturated heterocycles. The van der Waals surface area contributed by atoms with E-state index in [-0.39, 0.29) is 48.4 Å². The molecule has 1 radical (unpaired) electrons. The van der Waals surface area contributed by atoms with Gasteiger partial charge in [0.1, 0.15) is 11.6 Å². The van der Waals surface area contributed by atoms with Crippen LogP contribution in [0.1, 0.15) is 155 Å². The van der Waals surface area contributed by atoms with Gasteiger partial charge < -0.3 is 5.11 Å². The maximum absolute atomic E-state index is 12.2. The molecule has 1 aromatic heterocycles. The smallest absolute Gasteiger partial charge is 0.164 e. The topological polar surface area (TPSA) is 63.1 Å². The summed E-state index contributed by atoms with van der Waals surface area (Å²) in [6.45, 7) is 29.7. The van der Waals surface area contributed by atoms with Gasteiger partial charge in [-0.1, -0.05) is 121 Å². The van der Waals surface area contributed by atoms with Gasteiger partial charge in [-0.15, -0.1) is 34.9 Å². The molecule has 0 aliphatic heterocycles. The van der Waals surface area contributed by atoms with Gasteiger partial charge >= 0.3 is 0 Å². The van der Waals surface area contributed by atoms with Gasteiger partial charge in [-0.2, -0.15) is 0 Å². The number of aliphatic hydroxyl groups excluding tert-OH is 1. The first kappa shape index (κ1) is 42.3. The van der Waals surface area contributed by atoms with E-state index in [0.717, 1.165) is 59.2 Å². The third-order valence-corrected chi connectivity index (χ3v) is 10.7. The molecule has 0 spiro atoms. The van der Waals surface area contributed by atoms with E-state index in [1.807, 2.05) is 41.5 Å². The summed E-state index contributed by atoms with van der Waals surface area (Å²) in [6, 6.07) is 17.1. The van der Waals surface area contributed by atoms with Crippen LogP contribution in [0.15, 0.2) is 48.2 Å². The molecule has 4 rings (SSSR count). The minimum atomic E-state index is -0.337. The Morgan fingerprint density at radius 1 is 0.816 bits per heavy atom. The van der Waals surface area contributed by atoms with Gasteiger partial charge in [0, 0.05) is 48.3 Å². The Labute approximate surface area is 311 Å². The van der Waals surface area contributed by atoms with Crippen molar-refractivity contribution in [1.29, 1.82) is 0 Å². The molecule has 0 amide bonds. The molecule has 0 atom stereocenters. The molecule has 4 nitrogen and oxygen atoms in total. The van der Waals surface area contributed by atoms with E-state index >= 15 is 0 Å². The molecule has 49 heavy (non-hydrogen) atoms. The number of allylic oxidation sites excluding steroid dienone is 2. The summed E-state index contributed by atoms with van der Waals surface area (Å²) < 4.78 is 0. The largest absolute Gasteiger partial charge is 0.512 e. The first-order chi connectivity index (χ1) is 22.4. The first-order valence-electron chi connectivity index (χ1n) is 18.2. The fourth-order valence-corrected chi connectivity index (χ4v) is 6.08. The van der Waals surface area contributed by atoms with Crippen LogP contribution in [-0.2, 0) is 24.9 Å². The molecular formula is C44H61IrN2O2-. The van der Waals surface area contributed by atoms with Crippen LogP contribution in [0.3, 0.4) is 0 Å². The van der Waals surface area contributed by atoms with Gasteiger partial charge in [0.15, 0.2) is 5.78 Å². The molecule has 5 heteroatoms. The molecule has 1 heterocycles. The quantitative estimate of drug-likeness (QED) is 0.0707. The Bertz CT molecular complexity index is 1760. The van der Waals surface area contributed by atoms with Crippen LogP contribution >= 0.6 is 0 Å². The summed E-state index contributed by atoms with van der Waals surface area (Å²) in [4.78, 5) is 22.3. The number of hydrogen-bond donors (Lipinski definition) is 1. The third kappa shape index (κ3) is 9.47. The van der Waals surface area contributed by atoms with Crippen LogP contribution < -0.4 is 0 Å². The first-order valence-corrected chi connectivity index (χ1v) is 18.2. The van der Waals surface area contributed by atoms with E-state index < -0.39 is 0 Å². The van der Waals surface area contributed by atoms with Crippen molar-refractivity contribution in [3.63, 3.8) is 0 Å². The zero-order valence-electron chi connectivity index (χ0n) is 32.7. The molecule has 0 bridgehead atoms. The second kappa shape index (κ2) is 17.4. The van der Waals surface area contributed by atoms with Gasteiger partial charge in [0.2, 0.25) is 0 Å². The second-order valence-corrected chi connectivity index (χ2v) is 15.2. The van der Waals surface area contributed by atoms with Crippen LogP contribution in [0, 0.1) is 30.7 Å². The number of ketones is 1. The maximum atomic E-state index is 12.2. The van der Waals surface area contributed by atoms with E-state index in [9.17, 15) is 9.90 Å². The Hall–Kier alpha value is -2.88. The summed E-state index contributed by atoms with van der Waals surface area (Å²) in [5, 5.41) is 13.8. The van der Waals surface area contributed by atoms with E-state index in [2.05, 4.69) is 97.9 Å². The molecular weight excluding hydrogens is 781 g/mol. The van der Waals surface area contributed by atoms with Crippen molar-refractivity contribution >= 4 is 27.5 Å². The third-order valence-electron chi connectivity index (χ3n) is 10.7. The van der Waals surface area contributed by atoms with Crippen molar-refractivity contribution in [2.45, 2.75) is 140 Å². The molecule has 269 valence electrons. The number of rotatable bonds is 11. The number of aromatic nitrogens is 2. The predicted octanol–water partition coefficient (Wildman–Crippen LogP) is 12.9. The van der Waals surface area contributed by atoms with Crippen LogP contribution in [0.25, 0.3) is 32.9 Å². The number of carbonyl (C=O) groups is 1. The fourth-order valence-electron chi connectivity index (χ4n) is 6.08. The molecule has 0 fully saturated rings. The SMILES string of the molecule is CCC(C)(CC)C(=O)/C=C(\O)C(C)(CC)CC.Cc1[c-]c(-c2nc(C(C)C)nc3c2ccc2cc(C(C)C)cc(C(C)C)c23)cc(C)c1.[Ir]. The zero-order chi connectivity index (χ0) is 36.1. The van der Waals surface area contributed by atoms with Crippen molar-refractivity contribution < 1.29 is 30.0 Å². The number of benzene rings is 3. The summed E-state index contributed by atoms with van der Waals surface area (Å²) in [5.74, 6) is 2.34. The minimum Gasteiger partial charge on any atom is -0.512 e. The molecule has 4 aromatic rings. The van der Waals surface area contributed by atoms with Crippen molar-refractivity contribution in [3.8, 4) is 11.3 Å². The van der Waals surface area contributed by atoms with Crippen molar-refractivity contribution in [2.75, 3.05) is 0 Å². The standard InChI is InChI=1S/C29H33N2.C15H28O2.Ir/c1-16(2)22-14-21-9-10-24-27(23-12-19(7)11-20(8)13-23)30-29(18(5)6)31-28(24)26(21)25(15-22)17(3)4;1-7-14(5,8-2)12(16)11-13(17)15(6,9-3)10-4;/h9-12,14-18H,1-8H3;11,16H,7-10H2,1-6H3;/q-1;;/b;12-11-;. The van der Waals surface area contributed by atoms with Gasteiger partial charge in [-0.25, -0.2) is 4.98 Å². The van der Waals surface area contributed by atoms with Crippen LogP contribution in [0.4, 0.5) is 0 Å². The summed E-state index contributed by atoms with van der Waals surface area (Å²) in [5.41, 5.74) is 7.63. The van der Waals surface area contributed by atoms with Crippen molar-refractivity contribution in [2.24, 2.45) is 10.8 Å². The van der Waals surface area contributed by atoms with E-state index in [4.69, 9.17) is 9.97 Å². The molecule has 0 unspecified atom stereocenters. The van der Waals surface area contributed by atoms with E-state index in [1.165, 1.54) is 33.5 Å². The number of aliphatic hydroxyl groups is 1. The molecule has 0 saturated carbocycles. The Morgan fingerprint density at radius 3 is 1.90 bits per heavy atom. The summed E-state index contributed by atoms with van der Waals surface area (Å²) >= 11 is 0. The molecule has 1 N–H and O–H groups in total. The van der Waals surface area contributed by atoms with Crippen molar-refractivity contribution in [1.82, 2.24) is 9.97 Å². The van der Waals surface area contributed by atoms with Gasteiger partial charge in [0.05, 0.1) is 5.52 Å². The van der Waals surface area contributed by atoms with Crippen LogP contribution in [0.5, 0.6) is 0 Å². The van der Waals surface area contributed by atoms with Crippen LogP contribution in [0.2, 0.25) is 0 Å². The Balaban J connectivity index is 0.000000398. The number of nitrogens with zero attached hydrogens (tertiary/aromatic N) is 2. The average Bonchev–Trinajstić information content (AvgIpc) is 3.05. The molecule has 0 aliphatic rings. The second-order valence-electron chi connectivity index (χ2n) is 15.2. The van der Waals surface area contributed by atoms with Crippen LogP contribution in [-0.4, -0.2) is 20.9 Å². The summed E-state index contributed by atoms with van der Waals surface area (Å²) in [7, 11) is 0. The monoisotopic (exact) mass is 842 g/mol. The Kier molecular flexibility index (Phi) is 15.0. The molecule has 0 aliphatic carbocycles. The summed E-state index contributed by atoms with van der Waals surface area (Å²) in [6.07, 6.45) is 4.75. The van der Waals surface area contributed by atoms with E-state index in [0.29, 0.717) is 11.8 Å². The minimum absolute atomic E-state index is 0. The number of carbonyl (C=O) groups excluding carboxylic acids is 1. The number of hydrogen-bond acceptors (Lipinski definition) is 4. The maximum Gasteiger partial charge on any atom is 0.164 e. The Morgan fingerprint density at radius 2 is 1.41 bits per heavy atom.